The summed E-state index contributed by atoms with van der Waals surface area (Å²) in [4.78, 5) is 13.5. The molecule has 0 aliphatic heterocycles. The van der Waals surface area contributed by atoms with Gasteiger partial charge >= 0.3 is 5.97 Å². The number of aromatic carboxylic acids is 1. The van der Waals surface area contributed by atoms with E-state index in [1.807, 2.05) is 0 Å². The topological polar surface area (TPSA) is 81.7 Å². The molecule has 0 radical (unpaired) electrons. The third kappa shape index (κ3) is 1.79. The minimum Gasteiger partial charge on any atom is -0.476 e. The molecule has 1 aromatic heterocycles. The van der Waals surface area contributed by atoms with Crippen molar-refractivity contribution >= 4 is 17.3 Å². The van der Waals surface area contributed by atoms with E-state index in [1.165, 1.54) is 22.2 Å². The molecule has 0 fully saturated rings. The van der Waals surface area contributed by atoms with Crippen LogP contribution in [0.3, 0.4) is 0 Å². The Morgan fingerprint density at radius 1 is 1.78 bits per heavy atom. The maximum atomic E-state index is 10.0. The molecule has 4 nitrogen and oxygen atoms in total. The van der Waals surface area contributed by atoms with E-state index in [4.69, 9.17) is 5.11 Å². The lowest BCUT2D eigenvalue weighted by Gasteiger charge is -1.77. The summed E-state index contributed by atoms with van der Waals surface area (Å²) in [6.45, 7) is 0. The maximum Gasteiger partial charge on any atom is 0.355 e. The van der Waals surface area contributed by atoms with Crippen LogP contribution in [0.1, 0.15) is 10.5 Å². The SMILES string of the molecule is O.O=C(O)c1cscn1. The molecule has 0 aromatic carbocycles. The van der Waals surface area contributed by atoms with Crippen molar-refractivity contribution in [1.29, 1.82) is 0 Å². The Morgan fingerprint density at radius 3 is 2.67 bits per heavy atom. The first-order chi connectivity index (χ1) is 3.80. The Balaban J connectivity index is 0.000000640. The van der Waals surface area contributed by atoms with Crippen LogP contribution in [0.25, 0.3) is 0 Å². The van der Waals surface area contributed by atoms with Crippen LogP contribution in [0.4, 0.5) is 0 Å². The number of carboxylic acids is 1. The van der Waals surface area contributed by atoms with Gasteiger partial charge in [0.2, 0.25) is 0 Å². The molecule has 3 N–H and O–H groups in total. The standard InChI is InChI=1S/C4H3NO2S.H2O/c6-4(7)3-1-8-2-5-3;/h1-2H,(H,6,7);1H2. The summed E-state index contributed by atoms with van der Waals surface area (Å²) in [7, 11) is 0. The average molecular weight is 147 g/mol. The van der Waals surface area contributed by atoms with Crippen molar-refractivity contribution in [3.8, 4) is 0 Å². The first-order valence-corrected chi connectivity index (χ1v) is 2.86. The summed E-state index contributed by atoms with van der Waals surface area (Å²) in [6, 6.07) is 0. The van der Waals surface area contributed by atoms with E-state index in [0.29, 0.717) is 0 Å². The van der Waals surface area contributed by atoms with Crippen LogP contribution in [-0.2, 0) is 0 Å². The second-order valence-electron chi connectivity index (χ2n) is 1.18. The molecule has 1 rings (SSSR count). The highest BCUT2D eigenvalue weighted by Gasteiger charge is 2.00. The molecule has 1 aromatic rings. The molecule has 0 atom stereocenters. The van der Waals surface area contributed by atoms with E-state index in [2.05, 4.69) is 4.98 Å². The van der Waals surface area contributed by atoms with Gasteiger partial charge in [0.05, 0.1) is 5.51 Å². The van der Waals surface area contributed by atoms with Crippen molar-refractivity contribution in [1.82, 2.24) is 4.98 Å². The summed E-state index contributed by atoms with van der Waals surface area (Å²) in [5, 5.41) is 9.71. The van der Waals surface area contributed by atoms with Crippen molar-refractivity contribution in [3.63, 3.8) is 0 Å². The molecular weight excluding hydrogens is 142 g/mol. The Morgan fingerprint density at radius 2 is 2.44 bits per heavy atom. The normalized spacial score (nSPS) is 8.00. The molecule has 0 aliphatic rings. The number of aromatic nitrogens is 1. The minimum absolute atomic E-state index is 0. The van der Waals surface area contributed by atoms with Gasteiger partial charge in [-0.15, -0.1) is 11.3 Å². The zero-order chi connectivity index (χ0) is 5.98. The molecular formula is C4H5NO3S. The molecule has 0 unspecified atom stereocenters. The number of carbonyl (C=O) groups is 1. The van der Waals surface area contributed by atoms with Crippen molar-refractivity contribution in [3.05, 3.63) is 16.6 Å². The highest BCUT2D eigenvalue weighted by Crippen LogP contribution is 1.98. The smallest absolute Gasteiger partial charge is 0.355 e. The molecule has 0 spiro atoms. The zero-order valence-corrected chi connectivity index (χ0v) is 5.18. The number of thiazole rings is 1. The molecule has 0 bridgehead atoms. The summed E-state index contributed by atoms with van der Waals surface area (Å²) < 4.78 is 0. The van der Waals surface area contributed by atoms with Crippen LogP contribution in [0.2, 0.25) is 0 Å². The monoisotopic (exact) mass is 147 g/mol. The molecule has 0 amide bonds. The van der Waals surface area contributed by atoms with Crippen molar-refractivity contribution < 1.29 is 15.4 Å². The summed E-state index contributed by atoms with van der Waals surface area (Å²) in [5.74, 6) is -0.966. The van der Waals surface area contributed by atoms with E-state index < -0.39 is 5.97 Å². The summed E-state index contributed by atoms with van der Waals surface area (Å²) in [6.07, 6.45) is 0. The average Bonchev–Trinajstić information content (AvgIpc) is 2.12. The van der Waals surface area contributed by atoms with Gasteiger partial charge in [0, 0.05) is 5.38 Å². The lowest BCUT2D eigenvalue weighted by molar-refractivity contribution is 0.0691. The largest absolute Gasteiger partial charge is 0.476 e. The number of carboxylic acid groups (broad SMARTS) is 1. The first-order valence-electron chi connectivity index (χ1n) is 1.92. The van der Waals surface area contributed by atoms with Crippen LogP contribution in [0.15, 0.2) is 10.9 Å². The second kappa shape index (κ2) is 3.16. The van der Waals surface area contributed by atoms with Crippen molar-refractivity contribution in [2.24, 2.45) is 0 Å². The summed E-state index contributed by atoms with van der Waals surface area (Å²) >= 11 is 1.28. The third-order valence-corrected chi connectivity index (χ3v) is 1.24. The zero-order valence-electron chi connectivity index (χ0n) is 4.37. The summed E-state index contributed by atoms with van der Waals surface area (Å²) in [5.41, 5.74) is 1.61. The van der Waals surface area contributed by atoms with Gasteiger partial charge in [-0.05, 0) is 0 Å². The van der Waals surface area contributed by atoms with Gasteiger partial charge in [-0.3, -0.25) is 0 Å². The number of hydrogen-bond donors (Lipinski definition) is 1. The second-order valence-corrected chi connectivity index (χ2v) is 1.90. The van der Waals surface area contributed by atoms with Gasteiger partial charge in [-0.1, -0.05) is 0 Å². The molecule has 5 heteroatoms. The van der Waals surface area contributed by atoms with Gasteiger partial charge < -0.3 is 10.6 Å². The van der Waals surface area contributed by atoms with E-state index in [9.17, 15) is 4.79 Å². The fourth-order valence-electron chi connectivity index (χ4n) is 0.318. The van der Waals surface area contributed by atoms with Gasteiger partial charge in [0.25, 0.3) is 0 Å². The number of rotatable bonds is 1. The lowest BCUT2D eigenvalue weighted by Crippen LogP contribution is -1.94. The van der Waals surface area contributed by atoms with Gasteiger partial charge in [0.1, 0.15) is 0 Å². The maximum absolute atomic E-state index is 10.0. The Labute approximate surface area is 55.1 Å². The highest BCUT2D eigenvalue weighted by molar-refractivity contribution is 7.07. The van der Waals surface area contributed by atoms with E-state index in [1.54, 1.807) is 0 Å². The predicted octanol–water partition coefficient (Wildman–Crippen LogP) is 0.0166. The molecule has 50 valence electrons. The van der Waals surface area contributed by atoms with Gasteiger partial charge in [0.15, 0.2) is 5.69 Å². The van der Waals surface area contributed by atoms with Crippen LogP contribution >= 0.6 is 11.3 Å². The van der Waals surface area contributed by atoms with E-state index in [-0.39, 0.29) is 11.2 Å². The van der Waals surface area contributed by atoms with E-state index >= 15 is 0 Å². The van der Waals surface area contributed by atoms with Crippen LogP contribution in [0, 0.1) is 0 Å². The van der Waals surface area contributed by atoms with Crippen molar-refractivity contribution in [2.45, 2.75) is 0 Å². The van der Waals surface area contributed by atoms with Gasteiger partial charge in [-0.25, -0.2) is 9.78 Å². The van der Waals surface area contributed by atoms with Crippen LogP contribution in [-0.4, -0.2) is 21.5 Å². The Bertz CT molecular complexity index is 184. The van der Waals surface area contributed by atoms with E-state index in [0.717, 1.165) is 0 Å². The third-order valence-electron chi connectivity index (χ3n) is 0.651. The van der Waals surface area contributed by atoms with Crippen LogP contribution < -0.4 is 0 Å². The molecule has 0 saturated carbocycles. The minimum atomic E-state index is -0.966. The number of hydrogen-bond acceptors (Lipinski definition) is 3. The number of nitrogens with zero attached hydrogens (tertiary/aromatic N) is 1. The molecule has 0 aliphatic carbocycles. The fourth-order valence-corrected chi connectivity index (χ4v) is 0.844. The molecule has 9 heavy (non-hydrogen) atoms. The predicted molar refractivity (Wildman–Crippen MR) is 32.7 cm³/mol. The van der Waals surface area contributed by atoms with Gasteiger partial charge in [-0.2, -0.15) is 0 Å². The molecule has 0 saturated heterocycles. The molecule has 1 heterocycles. The van der Waals surface area contributed by atoms with Crippen LogP contribution in [0.5, 0.6) is 0 Å². The highest BCUT2D eigenvalue weighted by atomic mass is 32.1. The fraction of sp³-hybridized carbons (Fsp3) is 0. The van der Waals surface area contributed by atoms with Crippen molar-refractivity contribution in [2.75, 3.05) is 0 Å². The quantitative estimate of drug-likeness (QED) is 0.607. The first kappa shape index (κ1) is 8.06. The Kier molecular flexibility index (Phi) is 2.83. The lowest BCUT2D eigenvalue weighted by atomic mass is 10.5. The Hall–Kier alpha value is -0.940.